The number of carbonyl (C=O) groups is 1. The molecule has 0 bridgehead atoms. The SMILES string of the molecule is O=C(Cn1cc(C(F)(F)F)cc(Cl)c1=O)N1N=C(c2cccs2)C[C@H]1c1ccco1. The van der Waals surface area contributed by atoms with Crippen molar-refractivity contribution in [3.05, 3.63) is 79.7 Å². The van der Waals surface area contributed by atoms with Gasteiger partial charge < -0.3 is 8.98 Å². The third kappa shape index (κ3) is 3.92. The van der Waals surface area contributed by atoms with Gasteiger partial charge in [-0.3, -0.25) is 9.59 Å². The predicted octanol–water partition coefficient (Wildman–Crippen LogP) is 4.55. The van der Waals surface area contributed by atoms with Crippen molar-refractivity contribution in [2.24, 2.45) is 5.10 Å². The topological polar surface area (TPSA) is 67.8 Å². The van der Waals surface area contributed by atoms with Gasteiger partial charge in [-0.05, 0) is 29.6 Å². The van der Waals surface area contributed by atoms with Crippen LogP contribution >= 0.6 is 22.9 Å². The molecule has 156 valence electrons. The Balaban J connectivity index is 1.67. The van der Waals surface area contributed by atoms with E-state index in [0.29, 0.717) is 34.7 Å². The lowest BCUT2D eigenvalue weighted by molar-refractivity contribution is -0.139. The van der Waals surface area contributed by atoms with Gasteiger partial charge in [-0.1, -0.05) is 17.7 Å². The van der Waals surface area contributed by atoms with E-state index in [9.17, 15) is 22.8 Å². The van der Waals surface area contributed by atoms with E-state index >= 15 is 0 Å². The lowest BCUT2D eigenvalue weighted by atomic mass is 10.1. The molecular weight excluding hydrogens is 443 g/mol. The molecule has 0 spiro atoms. The maximum atomic E-state index is 13.1. The molecule has 1 aliphatic rings. The lowest BCUT2D eigenvalue weighted by Crippen LogP contribution is -2.34. The average Bonchev–Trinajstić information content (AvgIpc) is 3.44. The highest BCUT2D eigenvalue weighted by Gasteiger charge is 2.36. The number of hydrogen-bond acceptors (Lipinski definition) is 5. The summed E-state index contributed by atoms with van der Waals surface area (Å²) in [6.07, 6.45) is -2.30. The number of aromatic nitrogens is 1. The maximum absolute atomic E-state index is 13.1. The fourth-order valence-corrected chi connectivity index (χ4v) is 4.07. The molecule has 0 N–H and O–H groups in total. The lowest BCUT2D eigenvalue weighted by Gasteiger charge is -2.20. The number of hydrogen-bond donors (Lipinski definition) is 0. The number of nitrogens with zero attached hydrogens (tertiary/aromatic N) is 3. The van der Waals surface area contributed by atoms with E-state index in [1.165, 1.54) is 17.6 Å². The van der Waals surface area contributed by atoms with Gasteiger partial charge in [-0.25, -0.2) is 5.01 Å². The Kier molecular flexibility index (Phi) is 5.29. The van der Waals surface area contributed by atoms with Crippen LogP contribution in [0, 0.1) is 0 Å². The van der Waals surface area contributed by atoms with Crippen LogP contribution in [0.3, 0.4) is 0 Å². The Morgan fingerprint density at radius 3 is 2.77 bits per heavy atom. The monoisotopic (exact) mass is 455 g/mol. The number of furan rings is 1. The van der Waals surface area contributed by atoms with Crippen LogP contribution in [0.15, 0.2) is 62.5 Å². The normalized spacial score (nSPS) is 16.7. The maximum Gasteiger partial charge on any atom is 0.417 e. The van der Waals surface area contributed by atoms with E-state index < -0.39 is 40.8 Å². The molecule has 0 saturated carbocycles. The third-order valence-corrected chi connectivity index (χ3v) is 5.71. The molecule has 4 heterocycles. The van der Waals surface area contributed by atoms with Crippen LogP contribution in [0.1, 0.15) is 28.7 Å². The molecule has 3 aromatic heterocycles. The second-order valence-electron chi connectivity index (χ2n) is 6.51. The number of thiophene rings is 1. The first-order valence-corrected chi connectivity index (χ1v) is 9.94. The molecule has 0 unspecified atom stereocenters. The molecule has 0 aromatic carbocycles. The van der Waals surface area contributed by atoms with Crippen molar-refractivity contribution < 1.29 is 22.4 Å². The summed E-state index contributed by atoms with van der Waals surface area (Å²) < 4.78 is 45.3. The summed E-state index contributed by atoms with van der Waals surface area (Å²) in [7, 11) is 0. The van der Waals surface area contributed by atoms with Gasteiger partial charge in [0, 0.05) is 12.6 Å². The van der Waals surface area contributed by atoms with E-state index in [1.807, 2.05) is 17.5 Å². The minimum Gasteiger partial charge on any atom is -0.467 e. The summed E-state index contributed by atoms with van der Waals surface area (Å²) in [5.41, 5.74) is -1.37. The van der Waals surface area contributed by atoms with E-state index in [1.54, 1.807) is 12.1 Å². The van der Waals surface area contributed by atoms with Crippen molar-refractivity contribution in [2.45, 2.75) is 25.2 Å². The summed E-state index contributed by atoms with van der Waals surface area (Å²) in [5, 5.41) is 6.76. The fraction of sp³-hybridized carbons (Fsp3) is 0.211. The van der Waals surface area contributed by atoms with Crippen molar-refractivity contribution in [1.29, 1.82) is 0 Å². The first-order valence-electron chi connectivity index (χ1n) is 8.68. The molecule has 0 fully saturated rings. The van der Waals surface area contributed by atoms with E-state index in [0.717, 1.165) is 9.89 Å². The van der Waals surface area contributed by atoms with Crippen molar-refractivity contribution in [3.8, 4) is 0 Å². The minimum atomic E-state index is -4.71. The zero-order valence-corrected chi connectivity index (χ0v) is 16.7. The fourth-order valence-electron chi connectivity index (χ4n) is 3.12. The predicted molar refractivity (Wildman–Crippen MR) is 104 cm³/mol. The number of rotatable bonds is 4. The van der Waals surface area contributed by atoms with Gasteiger partial charge in [-0.2, -0.15) is 18.3 Å². The van der Waals surface area contributed by atoms with Crippen LogP contribution in [0.5, 0.6) is 0 Å². The summed E-state index contributed by atoms with van der Waals surface area (Å²) >= 11 is 7.12. The number of hydrazone groups is 1. The van der Waals surface area contributed by atoms with E-state index in [-0.39, 0.29) is 0 Å². The molecule has 6 nitrogen and oxygen atoms in total. The zero-order chi connectivity index (χ0) is 21.5. The highest BCUT2D eigenvalue weighted by atomic mass is 35.5. The van der Waals surface area contributed by atoms with Crippen LogP contribution in [0.4, 0.5) is 13.2 Å². The van der Waals surface area contributed by atoms with Gasteiger partial charge >= 0.3 is 6.18 Å². The molecular formula is C19H13ClF3N3O3S. The molecule has 11 heteroatoms. The van der Waals surface area contributed by atoms with Gasteiger partial charge in [-0.15, -0.1) is 11.3 Å². The summed E-state index contributed by atoms with van der Waals surface area (Å²) in [6, 6.07) is 7.02. The Labute approximate surface area is 176 Å². The van der Waals surface area contributed by atoms with Gasteiger partial charge in [0.05, 0.1) is 22.4 Å². The molecule has 30 heavy (non-hydrogen) atoms. The molecule has 0 aliphatic carbocycles. The molecule has 4 rings (SSSR count). The number of alkyl halides is 3. The Morgan fingerprint density at radius 1 is 1.33 bits per heavy atom. The molecule has 1 atom stereocenters. The number of pyridine rings is 1. The standard InChI is InChI=1S/C19H13ClF3N3O3S/c20-12-7-11(19(21,22)23)9-25(18(12)28)10-17(27)26-14(15-3-1-5-29-15)8-13(24-26)16-4-2-6-30-16/h1-7,9,14H,8,10H2/t14-/m0/s1. The minimum absolute atomic E-state index is 0.373. The molecule has 0 saturated heterocycles. The molecule has 0 radical (unpaired) electrons. The Bertz CT molecular complexity index is 1150. The smallest absolute Gasteiger partial charge is 0.417 e. The Hall–Kier alpha value is -2.85. The third-order valence-electron chi connectivity index (χ3n) is 4.52. The van der Waals surface area contributed by atoms with Crippen LogP contribution in [0.2, 0.25) is 5.02 Å². The van der Waals surface area contributed by atoms with Gasteiger partial charge in [0.25, 0.3) is 11.5 Å². The summed E-state index contributed by atoms with van der Waals surface area (Å²) in [5.74, 6) is -0.187. The van der Waals surface area contributed by atoms with E-state index in [2.05, 4.69) is 5.10 Å². The van der Waals surface area contributed by atoms with Crippen molar-refractivity contribution in [3.63, 3.8) is 0 Å². The quantitative estimate of drug-likeness (QED) is 0.579. The first kappa shape index (κ1) is 20.4. The summed E-state index contributed by atoms with van der Waals surface area (Å²) in [6.45, 7) is -0.652. The highest BCUT2D eigenvalue weighted by Crippen LogP contribution is 2.34. The van der Waals surface area contributed by atoms with Crippen LogP contribution in [-0.2, 0) is 17.5 Å². The Morgan fingerprint density at radius 2 is 2.13 bits per heavy atom. The number of halogens is 4. The van der Waals surface area contributed by atoms with Crippen molar-refractivity contribution >= 4 is 34.6 Å². The van der Waals surface area contributed by atoms with Gasteiger partial charge in [0.1, 0.15) is 23.4 Å². The number of amides is 1. The van der Waals surface area contributed by atoms with Gasteiger partial charge in [0.2, 0.25) is 0 Å². The molecule has 1 amide bonds. The molecule has 1 aliphatic heterocycles. The molecule has 3 aromatic rings. The second-order valence-corrected chi connectivity index (χ2v) is 7.86. The van der Waals surface area contributed by atoms with Crippen LogP contribution < -0.4 is 5.56 Å². The second kappa shape index (κ2) is 7.77. The highest BCUT2D eigenvalue weighted by molar-refractivity contribution is 7.12. The summed E-state index contributed by atoms with van der Waals surface area (Å²) in [4.78, 5) is 26.0. The zero-order valence-electron chi connectivity index (χ0n) is 15.1. The number of carbonyl (C=O) groups excluding carboxylic acids is 1. The average molecular weight is 456 g/mol. The van der Waals surface area contributed by atoms with Crippen LogP contribution in [-0.4, -0.2) is 21.2 Å². The van der Waals surface area contributed by atoms with Crippen molar-refractivity contribution in [1.82, 2.24) is 9.58 Å². The van der Waals surface area contributed by atoms with Crippen molar-refractivity contribution in [2.75, 3.05) is 0 Å². The van der Waals surface area contributed by atoms with Gasteiger partial charge in [0.15, 0.2) is 0 Å². The van der Waals surface area contributed by atoms with E-state index in [4.69, 9.17) is 16.0 Å². The largest absolute Gasteiger partial charge is 0.467 e. The first-order chi connectivity index (χ1) is 14.2. The van der Waals surface area contributed by atoms with Crippen LogP contribution in [0.25, 0.3) is 0 Å².